The summed E-state index contributed by atoms with van der Waals surface area (Å²) in [6, 6.07) is 13.0. The maximum Gasteiger partial charge on any atom is 0.416 e. The number of hydrogen-bond acceptors (Lipinski definition) is 3. The molecule has 0 aliphatic carbocycles. The van der Waals surface area contributed by atoms with E-state index in [0.29, 0.717) is 5.56 Å². The van der Waals surface area contributed by atoms with Gasteiger partial charge in [0.15, 0.2) is 0 Å². The largest absolute Gasteiger partial charge is 0.416 e. The molecule has 0 radical (unpaired) electrons. The third-order valence-electron chi connectivity index (χ3n) is 4.83. The zero-order chi connectivity index (χ0) is 22.2. The second-order valence-corrected chi connectivity index (χ2v) is 6.96. The Kier molecular flexibility index (Phi) is 5.18. The van der Waals surface area contributed by atoms with Gasteiger partial charge in [0, 0.05) is 6.20 Å². The van der Waals surface area contributed by atoms with E-state index in [2.05, 4.69) is 4.98 Å². The fourth-order valence-corrected chi connectivity index (χ4v) is 3.33. The monoisotopic (exact) mass is 429 g/mol. The van der Waals surface area contributed by atoms with E-state index in [1.54, 1.807) is 0 Å². The van der Waals surface area contributed by atoms with Crippen LogP contribution in [0.3, 0.4) is 0 Å². The van der Waals surface area contributed by atoms with Gasteiger partial charge in [0.1, 0.15) is 11.5 Å². The van der Waals surface area contributed by atoms with Crippen LogP contribution in [0.4, 0.5) is 17.6 Å². The number of pyridine rings is 1. The number of rotatable bonds is 4. The van der Waals surface area contributed by atoms with Gasteiger partial charge in [-0.1, -0.05) is 24.3 Å². The summed E-state index contributed by atoms with van der Waals surface area (Å²) in [6.07, 6.45) is -3.13. The molecule has 158 valence electrons. The number of fused-ring (bicyclic) bond motifs is 1. The molecular formula is C22H15F4N3O2. The first-order chi connectivity index (χ1) is 14.7. The van der Waals surface area contributed by atoms with E-state index in [-0.39, 0.29) is 29.7 Å². The van der Waals surface area contributed by atoms with Gasteiger partial charge in [-0.25, -0.2) is 14.2 Å². The van der Waals surface area contributed by atoms with Crippen LogP contribution < -0.4 is 11.2 Å². The number of alkyl halides is 3. The van der Waals surface area contributed by atoms with Gasteiger partial charge in [-0.05, 0) is 47.5 Å². The van der Waals surface area contributed by atoms with Crippen molar-refractivity contribution in [2.45, 2.75) is 19.3 Å². The van der Waals surface area contributed by atoms with Gasteiger partial charge in [0.05, 0.1) is 24.0 Å². The molecule has 0 amide bonds. The lowest BCUT2D eigenvalue weighted by atomic mass is 10.1. The number of halogens is 4. The molecule has 4 aromatic rings. The van der Waals surface area contributed by atoms with Gasteiger partial charge in [0.25, 0.3) is 5.56 Å². The molecule has 2 heterocycles. The molecule has 0 bridgehead atoms. The van der Waals surface area contributed by atoms with Gasteiger partial charge in [-0.15, -0.1) is 0 Å². The second-order valence-electron chi connectivity index (χ2n) is 6.96. The topological polar surface area (TPSA) is 56.9 Å². The minimum Gasteiger partial charge on any atom is -0.273 e. The third-order valence-corrected chi connectivity index (χ3v) is 4.83. The standard InChI is InChI=1S/C22H15F4N3O2/c23-17-8-6-14(7-9-17)12-29-20(30)18-5-2-10-27-19(18)28(21(29)31)13-15-3-1-4-16(11-15)22(24,25)26/h1-11H,12-13H2. The molecule has 5 nitrogen and oxygen atoms in total. The summed E-state index contributed by atoms with van der Waals surface area (Å²) >= 11 is 0. The Balaban J connectivity index is 1.86. The van der Waals surface area contributed by atoms with Crippen LogP contribution in [0.15, 0.2) is 76.4 Å². The van der Waals surface area contributed by atoms with Crippen molar-refractivity contribution in [1.82, 2.24) is 14.1 Å². The molecule has 4 rings (SSSR count). The smallest absolute Gasteiger partial charge is 0.273 e. The average molecular weight is 429 g/mol. The maximum atomic E-state index is 13.2. The highest BCUT2D eigenvalue weighted by Gasteiger charge is 2.30. The van der Waals surface area contributed by atoms with E-state index in [9.17, 15) is 27.2 Å². The highest BCUT2D eigenvalue weighted by atomic mass is 19.4. The van der Waals surface area contributed by atoms with E-state index in [1.807, 2.05) is 0 Å². The maximum absolute atomic E-state index is 13.2. The Morgan fingerprint density at radius 1 is 0.839 bits per heavy atom. The van der Waals surface area contributed by atoms with Gasteiger partial charge in [-0.3, -0.25) is 13.9 Å². The van der Waals surface area contributed by atoms with Crippen LogP contribution in [0.5, 0.6) is 0 Å². The predicted octanol–water partition coefficient (Wildman–Crippen LogP) is 3.81. The summed E-state index contributed by atoms with van der Waals surface area (Å²) in [6.45, 7) is -0.328. The van der Waals surface area contributed by atoms with Crippen molar-refractivity contribution in [2.24, 2.45) is 0 Å². The molecule has 0 saturated carbocycles. The summed E-state index contributed by atoms with van der Waals surface area (Å²) in [7, 11) is 0. The Morgan fingerprint density at radius 3 is 2.26 bits per heavy atom. The van der Waals surface area contributed by atoms with Gasteiger partial charge in [-0.2, -0.15) is 13.2 Å². The van der Waals surface area contributed by atoms with Gasteiger partial charge < -0.3 is 0 Å². The van der Waals surface area contributed by atoms with Crippen molar-refractivity contribution in [3.8, 4) is 0 Å². The lowest BCUT2D eigenvalue weighted by Crippen LogP contribution is -2.40. The van der Waals surface area contributed by atoms with Crippen molar-refractivity contribution in [3.63, 3.8) is 0 Å². The zero-order valence-electron chi connectivity index (χ0n) is 15.9. The van der Waals surface area contributed by atoms with E-state index < -0.39 is 28.8 Å². The highest BCUT2D eigenvalue weighted by molar-refractivity contribution is 5.73. The number of aromatic nitrogens is 3. The second kappa shape index (κ2) is 7.82. The lowest BCUT2D eigenvalue weighted by Gasteiger charge is -2.14. The molecule has 0 fully saturated rings. The molecule has 0 unspecified atom stereocenters. The quantitative estimate of drug-likeness (QED) is 0.464. The molecule has 0 aliphatic heterocycles. The van der Waals surface area contributed by atoms with Crippen molar-refractivity contribution in [1.29, 1.82) is 0 Å². The summed E-state index contributed by atoms with van der Waals surface area (Å²) in [5.74, 6) is -0.458. The van der Waals surface area contributed by atoms with Crippen LogP contribution in [0.2, 0.25) is 0 Å². The first kappa shape index (κ1) is 20.5. The minimum atomic E-state index is -4.53. The van der Waals surface area contributed by atoms with E-state index in [1.165, 1.54) is 54.7 Å². The summed E-state index contributed by atoms with van der Waals surface area (Å²) in [5, 5.41) is 0.149. The van der Waals surface area contributed by atoms with Gasteiger partial charge >= 0.3 is 11.9 Å². The Hall–Kier alpha value is -3.75. The number of hydrogen-bond donors (Lipinski definition) is 0. The fourth-order valence-electron chi connectivity index (χ4n) is 3.33. The van der Waals surface area contributed by atoms with Gasteiger partial charge in [0.2, 0.25) is 0 Å². The van der Waals surface area contributed by atoms with Crippen LogP contribution >= 0.6 is 0 Å². The summed E-state index contributed by atoms with van der Waals surface area (Å²) < 4.78 is 54.5. The molecule has 31 heavy (non-hydrogen) atoms. The van der Waals surface area contributed by atoms with Crippen LogP contribution in [-0.2, 0) is 19.3 Å². The summed E-state index contributed by atoms with van der Waals surface area (Å²) in [5.41, 5.74) is -1.32. The van der Waals surface area contributed by atoms with Crippen LogP contribution in [0, 0.1) is 5.82 Å². The van der Waals surface area contributed by atoms with Crippen molar-refractivity contribution >= 4 is 11.0 Å². The minimum absolute atomic E-state index is 0.0743. The molecule has 0 saturated heterocycles. The predicted molar refractivity (Wildman–Crippen MR) is 106 cm³/mol. The summed E-state index contributed by atoms with van der Waals surface area (Å²) in [4.78, 5) is 30.2. The molecule has 0 spiro atoms. The van der Waals surface area contributed by atoms with E-state index in [0.717, 1.165) is 21.3 Å². The van der Waals surface area contributed by atoms with Crippen molar-refractivity contribution in [3.05, 3.63) is 110 Å². The SMILES string of the molecule is O=c1c2cccnc2n(Cc2cccc(C(F)(F)F)c2)c(=O)n1Cc1ccc(F)cc1. The van der Waals surface area contributed by atoms with Crippen LogP contribution in [-0.4, -0.2) is 14.1 Å². The Labute approximate surface area is 172 Å². The molecule has 2 aromatic carbocycles. The zero-order valence-corrected chi connectivity index (χ0v) is 15.9. The van der Waals surface area contributed by atoms with Crippen LogP contribution in [0.1, 0.15) is 16.7 Å². The number of nitrogens with zero attached hydrogens (tertiary/aromatic N) is 3. The molecule has 0 N–H and O–H groups in total. The molecule has 9 heteroatoms. The lowest BCUT2D eigenvalue weighted by molar-refractivity contribution is -0.137. The molecule has 0 aliphatic rings. The Morgan fingerprint density at radius 2 is 1.55 bits per heavy atom. The first-order valence-corrected chi connectivity index (χ1v) is 9.23. The first-order valence-electron chi connectivity index (χ1n) is 9.23. The normalized spacial score (nSPS) is 11.7. The third kappa shape index (κ3) is 4.11. The highest BCUT2D eigenvalue weighted by Crippen LogP contribution is 2.29. The van der Waals surface area contributed by atoms with Crippen molar-refractivity contribution < 1.29 is 17.6 Å². The van der Waals surface area contributed by atoms with E-state index >= 15 is 0 Å². The number of benzene rings is 2. The molecule has 0 atom stereocenters. The molecule has 2 aromatic heterocycles. The van der Waals surface area contributed by atoms with E-state index in [4.69, 9.17) is 0 Å². The fraction of sp³-hybridized carbons (Fsp3) is 0.136. The Bertz CT molecular complexity index is 1370. The van der Waals surface area contributed by atoms with Crippen molar-refractivity contribution in [2.75, 3.05) is 0 Å². The molecular weight excluding hydrogens is 414 g/mol. The van der Waals surface area contributed by atoms with Crippen LogP contribution in [0.25, 0.3) is 11.0 Å². The average Bonchev–Trinajstić information content (AvgIpc) is 2.75.